The molecule has 0 spiro atoms. The van der Waals surface area contributed by atoms with Crippen molar-refractivity contribution in [1.82, 2.24) is 0 Å². The van der Waals surface area contributed by atoms with Crippen LogP contribution in [0.25, 0.3) is 5.57 Å². The normalized spacial score (nSPS) is 18.6. The van der Waals surface area contributed by atoms with Gasteiger partial charge in [-0.1, -0.05) is 66.6 Å². The molecule has 0 saturated heterocycles. The quantitative estimate of drug-likeness (QED) is 0.398. The molecule has 4 heteroatoms. The highest BCUT2D eigenvalue weighted by Gasteiger charge is 2.35. The third kappa shape index (κ3) is 6.18. The second-order valence-electron chi connectivity index (χ2n) is 12.3. The minimum absolute atomic E-state index is 0.0756. The summed E-state index contributed by atoms with van der Waals surface area (Å²) in [6.45, 7) is 19.1. The summed E-state index contributed by atoms with van der Waals surface area (Å²) in [6.07, 6.45) is 4.24. The first kappa shape index (κ1) is 28.3. The molecule has 0 amide bonds. The second kappa shape index (κ2) is 9.57. The second-order valence-corrected chi connectivity index (χ2v) is 12.3. The standard InChI is InChI=1S/C32H44O4/c1-20-11-12-27(25(15-20)26-16-22(3)17-28(26)30(6,7)34)32(10,35)19-36-31(8,9)24-14-21(2)13-23(18-24)29(4,5)33/h11-18,22,33-35H,19H2,1-10H3. The molecule has 1 aliphatic carbocycles. The third-order valence-electron chi connectivity index (χ3n) is 7.05. The van der Waals surface area contributed by atoms with E-state index < -0.39 is 22.4 Å². The van der Waals surface area contributed by atoms with E-state index in [0.29, 0.717) is 0 Å². The molecule has 0 aliphatic heterocycles. The number of aliphatic hydroxyl groups is 3. The first-order chi connectivity index (χ1) is 16.3. The molecule has 0 radical (unpaired) electrons. The number of ether oxygens (including phenoxy) is 1. The van der Waals surface area contributed by atoms with E-state index in [9.17, 15) is 15.3 Å². The van der Waals surface area contributed by atoms with Crippen LogP contribution in [0.4, 0.5) is 0 Å². The number of rotatable bonds is 8. The summed E-state index contributed by atoms with van der Waals surface area (Å²) >= 11 is 0. The third-order valence-corrected chi connectivity index (χ3v) is 7.05. The van der Waals surface area contributed by atoms with Crippen LogP contribution < -0.4 is 0 Å². The summed E-state index contributed by atoms with van der Waals surface area (Å²) in [5.41, 5.74) is 3.49. The molecular formula is C32H44O4. The summed E-state index contributed by atoms with van der Waals surface area (Å²) in [4.78, 5) is 0. The van der Waals surface area contributed by atoms with Crippen LogP contribution in [0.1, 0.15) is 88.8 Å². The molecule has 2 aromatic rings. The van der Waals surface area contributed by atoms with Crippen molar-refractivity contribution < 1.29 is 20.1 Å². The van der Waals surface area contributed by atoms with Crippen molar-refractivity contribution in [3.05, 3.63) is 87.5 Å². The average Bonchev–Trinajstić information content (AvgIpc) is 3.13. The van der Waals surface area contributed by atoms with Gasteiger partial charge in [0.25, 0.3) is 0 Å². The lowest BCUT2D eigenvalue weighted by Gasteiger charge is -2.34. The Morgan fingerprint density at radius 1 is 0.750 bits per heavy atom. The van der Waals surface area contributed by atoms with Gasteiger partial charge in [0.2, 0.25) is 0 Å². The van der Waals surface area contributed by atoms with Gasteiger partial charge in [-0.3, -0.25) is 0 Å². The zero-order chi connectivity index (χ0) is 27.3. The van der Waals surface area contributed by atoms with E-state index in [1.807, 2.05) is 52.0 Å². The van der Waals surface area contributed by atoms with Crippen molar-refractivity contribution in [2.75, 3.05) is 6.61 Å². The molecule has 0 heterocycles. The minimum atomic E-state index is -1.28. The Labute approximate surface area is 217 Å². The van der Waals surface area contributed by atoms with Gasteiger partial charge in [-0.05, 0) is 102 Å². The van der Waals surface area contributed by atoms with Crippen LogP contribution in [0.3, 0.4) is 0 Å². The maximum Gasteiger partial charge on any atom is 0.111 e. The molecule has 0 fully saturated rings. The van der Waals surface area contributed by atoms with E-state index in [-0.39, 0.29) is 12.5 Å². The number of aryl methyl sites for hydroxylation is 2. The largest absolute Gasteiger partial charge is 0.386 e. The van der Waals surface area contributed by atoms with Crippen molar-refractivity contribution in [2.24, 2.45) is 5.92 Å². The maximum atomic E-state index is 11.7. The molecule has 196 valence electrons. The zero-order valence-electron chi connectivity index (χ0n) is 23.7. The number of hydrogen-bond acceptors (Lipinski definition) is 4. The van der Waals surface area contributed by atoms with Crippen molar-refractivity contribution in [3.8, 4) is 0 Å². The molecule has 2 unspecified atom stereocenters. The average molecular weight is 493 g/mol. The van der Waals surface area contributed by atoms with Crippen LogP contribution in [0, 0.1) is 19.8 Å². The molecule has 1 aliphatic rings. The zero-order valence-corrected chi connectivity index (χ0v) is 23.7. The van der Waals surface area contributed by atoms with Crippen molar-refractivity contribution >= 4 is 5.57 Å². The maximum absolute atomic E-state index is 11.7. The number of allylic oxidation sites excluding steroid dienone is 2. The minimum Gasteiger partial charge on any atom is -0.386 e. The molecule has 2 atom stereocenters. The molecule has 3 rings (SSSR count). The first-order valence-electron chi connectivity index (χ1n) is 12.8. The fraction of sp³-hybridized carbons (Fsp3) is 0.500. The predicted molar refractivity (Wildman–Crippen MR) is 148 cm³/mol. The number of hydrogen-bond donors (Lipinski definition) is 3. The van der Waals surface area contributed by atoms with E-state index in [0.717, 1.165) is 44.5 Å². The summed E-state index contributed by atoms with van der Waals surface area (Å²) in [5, 5.41) is 33.2. The van der Waals surface area contributed by atoms with Gasteiger partial charge in [-0.2, -0.15) is 0 Å². The Hall–Kier alpha value is -2.24. The monoisotopic (exact) mass is 492 g/mol. The fourth-order valence-electron chi connectivity index (χ4n) is 4.84. The van der Waals surface area contributed by atoms with Crippen molar-refractivity contribution in [3.63, 3.8) is 0 Å². The van der Waals surface area contributed by atoms with Gasteiger partial charge < -0.3 is 20.1 Å². The molecule has 0 bridgehead atoms. The van der Waals surface area contributed by atoms with E-state index >= 15 is 0 Å². The highest BCUT2D eigenvalue weighted by Crippen LogP contribution is 2.42. The van der Waals surface area contributed by atoms with Gasteiger partial charge >= 0.3 is 0 Å². The van der Waals surface area contributed by atoms with Crippen LogP contribution >= 0.6 is 0 Å². The lowest BCUT2D eigenvalue weighted by Crippen LogP contribution is -2.35. The summed E-state index contributed by atoms with van der Waals surface area (Å²) in [5.74, 6) is 0.196. The van der Waals surface area contributed by atoms with Crippen LogP contribution in [0.5, 0.6) is 0 Å². The van der Waals surface area contributed by atoms with E-state index in [1.165, 1.54) is 0 Å². The van der Waals surface area contributed by atoms with E-state index in [4.69, 9.17) is 4.74 Å². The Bertz CT molecular complexity index is 1180. The molecule has 0 aromatic heterocycles. The van der Waals surface area contributed by atoms with Crippen molar-refractivity contribution in [2.45, 2.75) is 91.6 Å². The lowest BCUT2D eigenvalue weighted by atomic mass is 9.82. The first-order valence-corrected chi connectivity index (χ1v) is 12.8. The number of benzene rings is 2. The smallest absolute Gasteiger partial charge is 0.111 e. The van der Waals surface area contributed by atoms with Gasteiger partial charge in [-0.25, -0.2) is 0 Å². The molecular weight excluding hydrogens is 448 g/mol. The Balaban J connectivity index is 1.96. The van der Waals surface area contributed by atoms with Gasteiger partial charge in [0.15, 0.2) is 0 Å². The molecule has 36 heavy (non-hydrogen) atoms. The summed E-state index contributed by atoms with van der Waals surface area (Å²) in [6, 6.07) is 12.1. The van der Waals surface area contributed by atoms with Gasteiger partial charge in [0.05, 0.1) is 23.4 Å². The topological polar surface area (TPSA) is 69.9 Å². The van der Waals surface area contributed by atoms with Gasteiger partial charge in [0.1, 0.15) is 5.60 Å². The fourth-order valence-corrected chi connectivity index (χ4v) is 4.84. The molecule has 4 nitrogen and oxygen atoms in total. The Morgan fingerprint density at radius 3 is 1.94 bits per heavy atom. The van der Waals surface area contributed by atoms with Crippen LogP contribution in [0.15, 0.2) is 54.1 Å². The Morgan fingerprint density at radius 2 is 1.36 bits per heavy atom. The highest BCUT2D eigenvalue weighted by molar-refractivity contribution is 5.85. The predicted octanol–water partition coefficient (Wildman–Crippen LogP) is 6.42. The van der Waals surface area contributed by atoms with E-state index in [2.05, 4.69) is 31.2 Å². The Kier molecular flexibility index (Phi) is 7.53. The SMILES string of the molecule is Cc1cc(C(C)(C)O)cc(C(C)(C)OCC(C)(O)c2ccc(C)cc2C2=CC(C)C=C2C(C)(C)O)c1. The summed E-state index contributed by atoms with van der Waals surface area (Å²) in [7, 11) is 0. The van der Waals surface area contributed by atoms with Crippen LogP contribution in [-0.4, -0.2) is 27.5 Å². The molecule has 0 saturated carbocycles. The molecule has 3 N–H and O–H groups in total. The summed E-state index contributed by atoms with van der Waals surface area (Å²) < 4.78 is 6.41. The lowest BCUT2D eigenvalue weighted by molar-refractivity contribution is -0.105. The van der Waals surface area contributed by atoms with Crippen molar-refractivity contribution in [1.29, 1.82) is 0 Å². The van der Waals surface area contributed by atoms with Crippen LogP contribution in [0.2, 0.25) is 0 Å². The molecule has 2 aromatic carbocycles. The van der Waals surface area contributed by atoms with E-state index in [1.54, 1.807) is 34.6 Å². The van der Waals surface area contributed by atoms with Gasteiger partial charge in [0, 0.05) is 0 Å². The van der Waals surface area contributed by atoms with Crippen LogP contribution in [-0.2, 0) is 21.5 Å². The highest BCUT2D eigenvalue weighted by atomic mass is 16.5. The van der Waals surface area contributed by atoms with Gasteiger partial charge in [-0.15, -0.1) is 0 Å².